The van der Waals surface area contributed by atoms with Gasteiger partial charge in [-0.1, -0.05) is 18.2 Å². The summed E-state index contributed by atoms with van der Waals surface area (Å²) in [5.74, 6) is -0.219. The molecular formula is C20H16FN3S. The molecule has 0 bridgehead atoms. The van der Waals surface area contributed by atoms with E-state index < -0.39 is 5.41 Å². The Morgan fingerprint density at radius 1 is 1.24 bits per heavy atom. The van der Waals surface area contributed by atoms with Gasteiger partial charge in [0.05, 0.1) is 22.3 Å². The van der Waals surface area contributed by atoms with Gasteiger partial charge in [-0.05, 0) is 37.1 Å². The van der Waals surface area contributed by atoms with Gasteiger partial charge >= 0.3 is 0 Å². The van der Waals surface area contributed by atoms with Gasteiger partial charge in [-0.25, -0.2) is 9.37 Å². The number of nitrogens with zero attached hydrogens (tertiary/aromatic N) is 3. The molecule has 2 atom stereocenters. The van der Waals surface area contributed by atoms with Crippen LogP contribution < -0.4 is 4.90 Å². The van der Waals surface area contributed by atoms with Crippen LogP contribution >= 0.6 is 11.3 Å². The van der Waals surface area contributed by atoms with Crippen LogP contribution in [0, 0.1) is 17.1 Å². The minimum Gasteiger partial charge on any atom is -0.366 e. The number of thiazole rings is 1. The van der Waals surface area contributed by atoms with Crippen LogP contribution in [0.25, 0.3) is 10.2 Å². The molecule has 3 nitrogen and oxygen atoms in total. The lowest BCUT2D eigenvalue weighted by molar-refractivity contribution is 0.400. The fourth-order valence-electron chi connectivity index (χ4n) is 4.40. The third-order valence-corrected chi connectivity index (χ3v) is 6.77. The minimum atomic E-state index is -0.782. The van der Waals surface area contributed by atoms with Crippen LogP contribution in [-0.2, 0) is 11.8 Å². The van der Waals surface area contributed by atoms with E-state index in [2.05, 4.69) is 11.0 Å². The standard InChI is InChI=1S/C20H16FN3S/c21-14-5-3-7-16-13(14)11-20(12-22,18-9-4-10-24(16)18)19-23-15-6-1-2-8-17(15)25-19/h1-3,5-8,18H,4,9-11H2/t18-,20+/m0/s1. The molecule has 0 aliphatic carbocycles. The summed E-state index contributed by atoms with van der Waals surface area (Å²) >= 11 is 1.57. The Labute approximate surface area is 149 Å². The fourth-order valence-corrected chi connectivity index (χ4v) is 5.55. The zero-order valence-electron chi connectivity index (χ0n) is 13.6. The SMILES string of the molecule is N#C[C@]1(c2nc3ccccc3s2)Cc2c(F)cccc2N2CCC[C@H]21. The molecule has 2 aromatic carbocycles. The van der Waals surface area contributed by atoms with E-state index in [0.717, 1.165) is 40.3 Å². The van der Waals surface area contributed by atoms with Gasteiger partial charge in [-0.3, -0.25) is 0 Å². The number of hydrogen-bond acceptors (Lipinski definition) is 4. The van der Waals surface area contributed by atoms with Gasteiger partial charge in [-0.15, -0.1) is 11.3 Å². The highest BCUT2D eigenvalue weighted by atomic mass is 32.1. The maximum atomic E-state index is 14.6. The molecule has 3 heterocycles. The fraction of sp³-hybridized carbons (Fsp3) is 0.300. The van der Waals surface area contributed by atoms with Crippen LogP contribution in [0.1, 0.15) is 23.4 Å². The Hall–Kier alpha value is -2.45. The average Bonchev–Trinajstić information content (AvgIpc) is 3.29. The highest BCUT2D eigenvalue weighted by Crippen LogP contribution is 2.49. The van der Waals surface area contributed by atoms with E-state index in [-0.39, 0.29) is 11.9 Å². The summed E-state index contributed by atoms with van der Waals surface area (Å²) in [5, 5.41) is 11.1. The highest BCUT2D eigenvalue weighted by molar-refractivity contribution is 7.18. The van der Waals surface area contributed by atoms with Gasteiger partial charge in [0.2, 0.25) is 0 Å². The number of para-hydroxylation sites is 1. The average molecular weight is 349 g/mol. The van der Waals surface area contributed by atoms with Gasteiger partial charge < -0.3 is 4.90 Å². The molecule has 1 saturated heterocycles. The first kappa shape index (κ1) is 14.9. The van der Waals surface area contributed by atoms with Crippen molar-refractivity contribution in [3.05, 3.63) is 58.9 Å². The molecule has 0 spiro atoms. The smallest absolute Gasteiger partial charge is 0.133 e. The van der Waals surface area contributed by atoms with Crippen LogP contribution in [0.5, 0.6) is 0 Å². The van der Waals surface area contributed by atoms with Crippen LogP contribution in [-0.4, -0.2) is 17.6 Å². The van der Waals surface area contributed by atoms with Crippen molar-refractivity contribution >= 4 is 27.2 Å². The Balaban J connectivity index is 1.75. The first-order chi connectivity index (χ1) is 12.2. The molecular weight excluding hydrogens is 333 g/mol. The maximum absolute atomic E-state index is 14.6. The molecule has 2 aliphatic rings. The first-order valence-corrected chi connectivity index (χ1v) is 9.36. The van der Waals surface area contributed by atoms with Gasteiger partial charge in [0.1, 0.15) is 16.2 Å². The molecule has 5 heteroatoms. The monoisotopic (exact) mass is 349 g/mol. The lowest BCUT2D eigenvalue weighted by Gasteiger charge is -2.43. The number of hydrogen-bond donors (Lipinski definition) is 0. The van der Waals surface area contributed by atoms with Gasteiger partial charge in [0.25, 0.3) is 0 Å². The van der Waals surface area contributed by atoms with E-state index in [1.54, 1.807) is 17.4 Å². The second-order valence-electron chi connectivity index (χ2n) is 6.84. The predicted octanol–water partition coefficient (Wildman–Crippen LogP) is 4.42. The Morgan fingerprint density at radius 2 is 2.12 bits per heavy atom. The lowest BCUT2D eigenvalue weighted by atomic mass is 9.72. The normalized spacial score (nSPS) is 24.8. The molecule has 0 saturated carbocycles. The quantitative estimate of drug-likeness (QED) is 0.653. The summed E-state index contributed by atoms with van der Waals surface area (Å²) in [5.41, 5.74) is 1.74. The predicted molar refractivity (Wildman–Crippen MR) is 97.4 cm³/mol. The Morgan fingerprint density at radius 3 is 2.96 bits per heavy atom. The third-order valence-electron chi connectivity index (χ3n) is 5.56. The lowest BCUT2D eigenvalue weighted by Crippen LogP contribution is -2.52. The molecule has 2 aliphatic heterocycles. The summed E-state index contributed by atoms with van der Waals surface area (Å²) < 4.78 is 15.7. The molecule has 124 valence electrons. The zero-order valence-corrected chi connectivity index (χ0v) is 14.4. The highest BCUT2D eigenvalue weighted by Gasteiger charge is 2.52. The van der Waals surface area contributed by atoms with Crippen molar-refractivity contribution in [1.82, 2.24) is 4.98 Å². The zero-order chi connectivity index (χ0) is 17.0. The van der Waals surface area contributed by atoms with Crippen molar-refractivity contribution in [2.75, 3.05) is 11.4 Å². The Kier molecular flexibility index (Phi) is 3.13. The molecule has 0 radical (unpaired) electrons. The number of aromatic nitrogens is 1. The number of rotatable bonds is 1. The van der Waals surface area contributed by atoms with Crippen molar-refractivity contribution in [3.63, 3.8) is 0 Å². The van der Waals surface area contributed by atoms with Crippen LogP contribution in [0.3, 0.4) is 0 Å². The topological polar surface area (TPSA) is 39.9 Å². The van der Waals surface area contributed by atoms with Gasteiger partial charge in [0.15, 0.2) is 0 Å². The van der Waals surface area contributed by atoms with Crippen LogP contribution in [0.4, 0.5) is 10.1 Å². The van der Waals surface area contributed by atoms with E-state index in [4.69, 9.17) is 4.98 Å². The molecule has 0 unspecified atom stereocenters. The molecule has 5 rings (SSSR count). The van der Waals surface area contributed by atoms with E-state index >= 15 is 0 Å². The molecule has 0 amide bonds. The van der Waals surface area contributed by atoms with Crippen molar-refractivity contribution in [1.29, 1.82) is 5.26 Å². The second-order valence-corrected chi connectivity index (χ2v) is 7.87. The minimum absolute atomic E-state index is 0.0624. The molecule has 25 heavy (non-hydrogen) atoms. The molecule has 1 fully saturated rings. The summed E-state index contributed by atoms with van der Waals surface area (Å²) in [6, 6.07) is 15.8. The Bertz CT molecular complexity index is 988. The van der Waals surface area contributed by atoms with Crippen molar-refractivity contribution in [2.24, 2.45) is 0 Å². The third kappa shape index (κ3) is 1.98. The van der Waals surface area contributed by atoms with Crippen LogP contribution in [0.2, 0.25) is 0 Å². The number of anilines is 1. The van der Waals surface area contributed by atoms with Crippen LogP contribution in [0.15, 0.2) is 42.5 Å². The van der Waals surface area contributed by atoms with Crippen molar-refractivity contribution < 1.29 is 4.39 Å². The van der Waals surface area contributed by atoms with Gasteiger partial charge in [0, 0.05) is 24.2 Å². The summed E-state index contributed by atoms with van der Waals surface area (Å²) in [7, 11) is 0. The van der Waals surface area contributed by atoms with Gasteiger partial charge in [-0.2, -0.15) is 5.26 Å². The molecule has 3 aromatic rings. The summed E-state index contributed by atoms with van der Waals surface area (Å²) in [6.07, 6.45) is 2.36. The number of fused-ring (bicyclic) bond motifs is 4. The maximum Gasteiger partial charge on any atom is 0.133 e. The summed E-state index contributed by atoms with van der Waals surface area (Å²) in [4.78, 5) is 7.02. The van der Waals surface area contributed by atoms with E-state index in [9.17, 15) is 9.65 Å². The van der Waals surface area contributed by atoms with E-state index in [1.807, 2.05) is 30.3 Å². The molecule has 0 N–H and O–H groups in total. The number of nitriles is 1. The number of halogens is 1. The second kappa shape index (κ2) is 5.27. The van der Waals surface area contributed by atoms with Crippen molar-refractivity contribution in [3.8, 4) is 6.07 Å². The number of benzene rings is 2. The van der Waals surface area contributed by atoms with E-state index in [1.165, 1.54) is 6.07 Å². The van der Waals surface area contributed by atoms with Crippen molar-refractivity contribution in [2.45, 2.75) is 30.7 Å². The first-order valence-electron chi connectivity index (χ1n) is 8.54. The largest absolute Gasteiger partial charge is 0.366 e. The van der Waals surface area contributed by atoms with E-state index in [0.29, 0.717) is 12.0 Å². The molecule has 1 aromatic heterocycles. The summed E-state index contributed by atoms with van der Waals surface area (Å²) in [6.45, 7) is 0.870.